The van der Waals surface area contributed by atoms with Gasteiger partial charge >= 0.3 is 5.69 Å². The quantitative estimate of drug-likeness (QED) is 0.429. The van der Waals surface area contributed by atoms with Crippen molar-refractivity contribution in [3.63, 3.8) is 0 Å². The molecule has 2 aromatic carbocycles. The number of nitrogens with zero attached hydrogens (tertiary/aromatic N) is 6. The molecule has 1 aliphatic heterocycles. The van der Waals surface area contributed by atoms with Crippen LogP contribution in [0.2, 0.25) is 0 Å². The summed E-state index contributed by atoms with van der Waals surface area (Å²) < 4.78 is 2.56. The van der Waals surface area contributed by atoms with Crippen LogP contribution < -0.4 is 20.8 Å². The maximum atomic E-state index is 12.9. The zero-order chi connectivity index (χ0) is 24.4. The third-order valence-corrected chi connectivity index (χ3v) is 6.05. The van der Waals surface area contributed by atoms with Gasteiger partial charge in [0.25, 0.3) is 0 Å². The summed E-state index contributed by atoms with van der Waals surface area (Å²) >= 11 is 0. The summed E-state index contributed by atoms with van der Waals surface area (Å²) in [5.41, 5.74) is 2.29. The summed E-state index contributed by atoms with van der Waals surface area (Å²) in [5, 5.41) is 7.16. The number of hydrogen-bond acceptors (Lipinski definition) is 7. The highest BCUT2D eigenvalue weighted by Gasteiger charge is 2.22. The van der Waals surface area contributed by atoms with Crippen LogP contribution in [0.25, 0.3) is 5.65 Å². The van der Waals surface area contributed by atoms with Gasteiger partial charge in [0.2, 0.25) is 11.6 Å². The largest absolute Gasteiger partial charge is 0.368 e. The molecule has 0 aliphatic carbocycles. The lowest BCUT2D eigenvalue weighted by Crippen LogP contribution is -2.47. The molecule has 1 fully saturated rings. The van der Waals surface area contributed by atoms with Gasteiger partial charge in [-0.1, -0.05) is 18.2 Å². The van der Waals surface area contributed by atoms with Gasteiger partial charge in [-0.25, -0.2) is 18.9 Å². The number of nitrogens with one attached hydrogen (secondary N) is 1. The lowest BCUT2D eigenvalue weighted by Gasteiger charge is -2.36. The van der Waals surface area contributed by atoms with Gasteiger partial charge in [-0.3, -0.25) is 9.59 Å². The molecule has 178 valence electrons. The van der Waals surface area contributed by atoms with E-state index < -0.39 is 11.6 Å². The first-order chi connectivity index (χ1) is 17.0. The number of carbonyl (C=O) groups excluding carboxylic acids is 2. The Kier molecular flexibility index (Phi) is 6.01. The Balaban J connectivity index is 1.31. The van der Waals surface area contributed by atoms with E-state index in [1.165, 1.54) is 17.0 Å². The van der Waals surface area contributed by atoms with Crippen molar-refractivity contribution in [2.24, 2.45) is 0 Å². The monoisotopic (exact) mass is 471 g/mol. The first kappa shape index (κ1) is 22.3. The maximum Gasteiger partial charge on any atom is 0.350 e. The highest BCUT2D eigenvalue weighted by atomic mass is 16.2. The zero-order valence-electron chi connectivity index (χ0n) is 19.3. The van der Waals surface area contributed by atoms with Crippen molar-refractivity contribution < 1.29 is 9.59 Å². The molecule has 35 heavy (non-hydrogen) atoms. The second-order valence-corrected chi connectivity index (χ2v) is 8.38. The van der Waals surface area contributed by atoms with Crippen molar-refractivity contribution in [3.05, 3.63) is 83.0 Å². The number of benzene rings is 2. The summed E-state index contributed by atoms with van der Waals surface area (Å²) in [4.78, 5) is 45.8. The minimum absolute atomic E-state index is 0.0509. The fraction of sp³-hybridized carbons (Fsp3) is 0.240. The predicted octanol–water partition coefficient (Wildman–Crippen LogP) is 2.06. The van der Waals surface area contributed by atoms with Crippen molar-refractivity contribution in [2.45, 2.75) is 13.5 Å². The van der Waals surface area contributed by atoms with E-state index in [2.05, 4.69) is 37.3 Å². The van der Waals surface area contributed by atoms with Crippen LogP contribution in [0.4, 0.5) is 17.2 Å². The van der Waals surface area contributed by atoms with Gasteiger partial charge in [-0.15, -0.1) is 5.10 Å². The fourth-order valence-corrected chi connectivity index (χ4v) is 4.20. The van der Waals surface area contributed by atoms with E-state index in [1.54, 1.807) is 36.7 Å². The van der Waals surface area contributed by atoms with Gasteiger partial charge in [0.15, 0.2) is 11.6 Å². The molecule has 0 unspecified atom stereocenters. The summed E-state index contributed by atoms with van der Waals surface area (Å²) in [6.45, 7) is 4.36. The van der Waals surface area contributed by atoms with Crippen molar-refractivity contribution in [3.8, 4) is 0 Å². The Labute approximate surface area is 201 Å². The number of fused-ring (bicyclic) bond motifs is 1. The third-order valence-electron chi connectivity index (χ3n) is 6.05. The van der Waals surface area contributed by atoms with Gasteiger partial charge in [0.1, 0.15) is 6.54 Å². The van der Waals surface area contributed by atoms with E-state index in [0.717, 1.165) is 30.9 Å². The topological polar surface area (TPSA) is 105 Å². The highest BCUT2D eigenvalue weighted by Crippen LogP contribution is 2.21. The Morgan fingerprint density at radius 1 is 0.943 bits per heavy atom. The molecule has 3 heterocycles. The number of aromatic nitrogens is 4. The smallest absolute Gasteiger partial charge is 0.350 e. The number of Topliss-reactive ketones (excluding diaryl/α,β-unsaturated/α-hetero) is 1. The van der Waals surface area contributed by atoms with Gasteiger partial charge in [0.05, 0.1) is 0 Å². The average molecular weight is 472 g/mol. The van der Waals surface area contributed by atoms with Crippen molar-refractivity contribution in [2.75, 3.05) is 41.3 Å². The van der Waals surface area contributed by atoms with E-state index in [1.807, 2.05) is 18.2 Å². The average Bonchev–Trinajstić information content (AvgIpc) is 3.20. The zero-order valence-corrected chi connectivity index (χ0v) is 19.3. The summed E-state index contributed by atoms with van der Waals surface area (Å²) in [6.07, 6.45) is 3.14. The summed E-state index contributed by atoms with van der Waals surface area (Å²) in [6, 6.07) is 16.8. The first-order valence-electron chi connectivity index (χ1n) is 11.4. The molecule has 1 amide bonds. The molecule has 1 saturated heterocycles. The Morgan fingerprint density at radius 3 is 2.31 bits per heavy atom. The number of para-hydroxylation sites is 1. The number of rotatable bonds is 6. The molecular formula is C25H25N7O3. The number of carbonyl (C=O) groups is 2. The Bertz CT molecular complexity index is 1420. The molecule has 10 nitrogen and oxygen atoms in total. The molecule has 1 aliphatic rings. The lowest BCUT2D eigenvalue weighted by atomic mass is 10.1. The molecule has 5 rings (SSSR count). The second-order valence-electron chi connectivity index (χ2n) is 8.38. The second kappa shape index (κ2) is 9.41. The van der Waals surface area contributed by atoms with E-state index in [-0.39, 0.29) is 12.3 Å². The van der Waals surface area contributed by atoms with E-state index in [4.69, 9.17) is 0 Å². The standard InChI is InChI=1S/C25H25N7O3/c1-18(33)19-7-9-20(10-8-19)27-22(34)17-32-25(35)31-12-11-26-23(24(31)28-32)30-15-13-29(14-16-30)21-5-3-2-4-6-21/h2-12H,13-17H2,1H3,(H,27,34). The Hall–Kier alpha value is -4.47. The van der Waals surface area contributed by atoms with E-state index in [0.29, 0.717) is 22.7 Å². The van der Waals surface area contributed by atoms with Crippen LogP contribution in [0.1, 0.15) is 17.3 Å². The van der Waals surface area contributed by atoms with Gasteiger partial charge in [-0.05, 0) is 43.3 Å². The van der Waals surface area contributed by atoms with Crippen LogP contribution in [0.3, 0.4) is 0 Å². The highest BCUT2D eigenvalue weighted by molar-refractivity contribution is 5.95. The van der Waals surface area contributed by atoms with Crippen LogP contribution in [0.5, 0.6) is 0 Å². The van der Waals surface area contributed by atoms with Gasteiger partial charge in [-0.2, -0.15) is 0 Å². The van der Waals surface area contributed by atoms with Crippen molar-refractivity contribution >= 4 is 34.5 Å². The van der Waals surface area contributed by atoms with Gasteiger partial charge < -0.3 is 15.1 Å². The van der Waals surface area contributed by atoms with Crippen LogP contribution in [-0.2, 0) is 11.3 Å². The number of hydrogen-bond donors (Lipinski definition) is 1. The first-order valence-corrected chi connectivity index (χ1v) is 11.4. The maximum absolute atomic E-state index is 12.9. The van der Waals surface area contributed by atoms with Crippen LogP contribution in [-0.4, -0.2) is 57.0 Å². The molecule has 1 N–H and O–H groups in total. The Morgan fingerprint density at radius 2 is 1.63 bits per heavy atom. The van der Waals surface area contributed by atoms with E-state index >= 15 is 0 Å². The number of ketones is 1. The van der Waals surface area contributed by atoms with Crippen molar-refractivity contribution in [1.82, 2.24) is 19.2 Å². The van der Waals surface area contributed by atoms with Crippen LogP contribution >= 0.6 is 0 Å². The molecular weight excluding hydrogens is 446 g/mol. The summed E-state index contributed by atoms with van der Waals surface area (Å²) in [7, 11) is 0. The SMILES string of the molecule is CC(=O)c1ccc(NC(=O)Cn2nc3c(N4CCN(c5ccccc5)CC4)nccn3c2=O)cc1. The predicted molar refractivity (Wildman–Crippen MR) is 133 cm³/mol. The van der Waals surface area contributed by atoms with E-state index in [9.17, 15) is 14.4 Å². The molecule has 4 aromatic rings. The molecule has 0 bridgehead atoms. The third kappa shape index (κ3) is 4.63. The number of anilines is 3. The lowest BCUT2D eigenvalue weighted by molar-refractivity contribution is -0.117. The molecule has 0 atom stereocenters. The molecule has 0 saturated carbocycles. The normalized spacial score (nSPS) is 13.7. The summed E-state index contributed by atoms with van der Waals surface area (Å²) in [5.74, 6) is 0.179. The van der Waals surface area contributed by atoms with Crippen LogP contribution in [0.15, 0.2) is 71.8 Å². The fourth-order valence-electron chi connectivity index (χ4n) is 4.20. The van der Waals surface area contributed by atoms with Crippen molar-refractivity contribution in [1.29, 1.82) is 0 Å². The molecule has 0 spiro atoms. The van der Waals surface area contributed by atoms with Gasteiger partial charge in [0, 0.05) is 55.5 Å². The number of amides is 1. The molecule has 10 heteroatoms. The minimum atomic E-state index is -0.409. The molecule has 2 aromatic heterocycles. The minimum Gasteiger partial charge on any atom is -0.368 e. The molecule has 0 radical (unpaired) electrons. The van der Waals surface area contributed by atoms with Crippen LogP contribution in [0, 0.1) is 0 Å². The number of piperazine rings is 1.